The van der Waals surface area contributed by atoms with Gasteiger partial charge in [0.2, 0.25) is 5.76 Å². The summed E-state index contributed by atoms with van der Waals surface area (Å²) in [6, 6.07) is 16.3. The second kappa shape index (κ2) is 6.29. The van der Waals surface area contributed by atoms with Crippen LogP contribution in [0.2, 0.25) is 0 Å². The summed E-state index contributed by atoms with van der Waals surface area (Å²) >= 11 is 0. The maximum atomic E-state index is 11.1. The van der Waals surface area contributed by atoms with Crippen molar-refractivity contribution >= 4 is 16.9 Å². The first-order valence-electron chi connectivity index (χ1n) is 8.99. The molecule has 0 atom stereocenters. The Kier molecular flexibility index (Phi) is 4.08. The molecule has 0 radical (unpaired) electrons. The summed E-state index contributed by atoms with van der Waals surface area (Å²) in [4.78, 5) is 13.6. The van der Waals surface area contributed by atoms with E-state index in [1.165, 1.54) is 16.7 Å². The van der Waals surface area contributed by atoms with Crippen molar-refractivity contribution in [3.63, 3.8) is 0 Å². The minimum atomic E-state index is -1.03. The Labute approximate surface area is 153 Å². The summed E-state index contributed by atoms with van der Waals surface area (Å²) in [6.07, 6.45) is 1.05. The van der Waals surface area contributed by atoms with Crippen molar-refractivity contribution in [3.05, 3.63) is 71.0 Å². The number of nitrogens with zero attached hydrogens (tertiary/aromatic N) is 1. The third-order valence-electron chi connectivity index (χ3n) is 5.26. The normalized spacial score (nSPS) is 17.0. The highest BCUT2D eigenvalue weighted by molar-refractivity contribution is 5.91. The maximum absolute atomic E-state index is 11.1. The molecule has 2 aromatic carbocycles. The largest absolute Gasteiger partial charge is 0.475 e. The second-order valence-corrected chi connectivity index (χ2v) is 7.79. The minimum Gasteiger partial charge on any atom is -0.475 e. The number of carbonyl (C=O) groups is 1. The van der Waals surface area contributed by atoms with Gasteiger partial charge >= 0.3 is 5.97 Å². The molecule has 4 rings (SSSR count). The molecule has 0 bridgehead atoms. The number of fused-ring (bicyclic) bond motifs is 2. The molecule has 1 aliphatic rings. The fourth-order valence-electron chi connectivity index (χ4n) is 4.09. The molecule has 134 valence electrons. The van der Waals surface area contributed by atoms with Crippen molar-refractivity contribution in [3.8, 4) is 0 Å². The molecule has 1 aromatic heterocycles. The molecule has 26 heavy (non-hydrogen) atoms. The molecule has 4 nitrogen and oxygen atoms in total. The number of aromatic carboxylic acids is 1. The third-order valence-corrected chi connectivity index (χ3v) is 5.26. The number of carboxylic acid groups (broad SMARTS) is 1. The van der Waals surface area contributed by atoms with Crippen LogP contribution in [-0.4, -0.2) is 29.1 Å². The van der Waals surface area contributed by atoms with E-state index in [2.05, 4.69) is 43.0 Å². The lowest BCUT2D eigenvalue weighted by Gasteiger charge is -2.31. The van der Waals surface area contributed by atoms with E-state index < -0.39 is 5.97 Å². The second-order valence-electron chi connectivity index (χ2n) is 7.79. The lowest BCUT2D eigenvalue weighted by molar-refractivity contribution is 0.0665. The lowest BCUT2D eigenvalue weighted by atomic mass is 9.82. The van der Waals surface area contributed by atoms with Crippen LogP contribution >= 0.6 is 0 Å². The molecule has 4 heteroatoms. The van der Waals surface area contributed by atoms with Gasteiger partial charge in [0.1, 0.15) is 5.58 Å². The van der Waals surface area contributed by atoms with Gasteiger partial charge in [-0.3, -0.25) is 4.90 Å². The highest BCUT2D eigenvalue weighted by Crippen LogP contribution is 2.31. The zero-order chi connectivity index (χ0) is 18.3. The van der Waals surface area contributed by atoms with Crippen LogP contribution in [0, 0.1) is 0 Å². The van der Waals surface area contributed by atoms with Crippen molar-refractivity contribution in [2.45, 2.75) is 32.2 Å². The van der Waals surface area contributed by atoms with Gasteiger partial charge in [0.05, 0.1) is 0 Å². The molecule has 1 aliphatic heterocycles. The molecule has 0 unspecified atom stereocenters. The van der Waals surface area contributed by atoms with Gasteiger partial charge in [-0.2, -0.15) is 0 Å². The number of benzene rings is 2. The molecular formula is C22H23NO3. The van der Waals surface area contributed by atoms with Crippen LogP contribution in [-0.2, 0) is 18.4 Å². The van der Waals surface area contributed by atoms with Crippen LogP contribution in [0.4, 0.5) is 0 Å². The summed E-state index contributed by atoms with van der Waals surface area (Å²) < 4.78 is 5.36. The molecule has 1 N–H and O–H groups in total. The molecule has 0 saturated carbocycles. The van der Waals surface area contributed by atoms with Gasteiger partial charge in [0.25, 0.3) is 0 Å². The first-order chi connectivity index (χ1) is 12.4. The van der Waals surface area contributed by atoms with Gasteiger partial charge in [0.15, 0.2) is 0 Å². The van der Waals surface area contributed by atoms with Gasteiger partial charge in [-0.05, 0) is 41.3 Å². The van der Waals surface area contributed by atoms with Crippen LogP contribution in [0.3, 0.4) is 0 Å². The first-order valence-corrected chi connectivity index (χ1v) is 8.99. The third kappa shape index (κ3) is 3.13. The van der Waals surface area contributed by atoms with Crippen molar-refractivity contribution < 1.29 is 14.3 Å². The Morgan fingerprint density at radius 2 is 2.00 bits per heavy atom. The predicted molar refractivity (Wildman–Crippen MR) is 102 cm³/mol. The molecule has 3 aromatic rings. The van der Waals surface area contributed by atoms with Crippen molar-refractivity contribution in [2.75, 3.05) is 13.1 Å². The average molecular weight is 349 g/mol. The fourth-order valence-corrected chi connectivity index (χ4v) is 4.09. The number of carboxylic acids is 1. The van der Waals surface area contributed by atoms with E-state index in [1.807, 2.05) is 18.2 Å². The van der Waals surface area contributed by atoms with Gasteiger partial charge in [-0.1, -0.05) is 44.2 Å². The van der Waals surface area contributed by atoms with E-state index >= 15 is 0 Å². The van der Waals surface area contributed by atoms with E-state index in [1.54, 1.807) is 6.07 Å². The van der Waals surface area contributed by atoms with Gasteiger partial charge in [-0.15, -0.1) is 0 Å². The number of hydrogen-bond acceptors (Lipinski definition) is 3. The van der Waals surface area contributed by atoms with Gasteiger partial charge < -0.3 is 9.52 Å². The standard InChI is InChI=1S/C22H23NO3/c1-22(2)14-23(10-9-16-5-3-4-6-18(16)22)13-15-7-8-19-17(11-15)12-20(26-19)21(24)25/h3-8,11-12H,9-10,13-14H2,1-2H3,(H,24,25). The van der Waals surface area contributed by atoms with Crippen molar-refractivity contribution in [1.29, 1.82) is 0 Å². The smallest absolute Gasteiger partial charge is 0.371 e. The fraction of sp³-hybridized carbons (Fsp3) is 0.318. The van der Waals surface area contributed by atoms with E-state index in [4.69, 9.17) is 9.52 Å². The molecule has 0 saturated heterocycles. The first kappa shape index (κ1) is 16.9. The van der Waals surface area contributed by atoms with E-state index in [0.717, 1.165) is 31.4 Å². The van der Waals surface area contributed by atoms with Crippen molar-refractivity contribution in [2.24, 2.45) is 0 Å². The quantitative estimate of drug-likeness (QED) is 0.758. The van der Waals surface area contributed by atoms with Crippen LogP contribution in [0.25, 0.3) is 11.0 Å². The number of hydrogen-bond donors (Lipinski definition) is 1. The minimum absolute atomic E-state index is 0.0106. The number of furan rings is 1. The van der Waals surface area contributed by atoms with E-state index in [9.17, 15) is 4.79 Å². The Morgan fingerprint density at radius 3 is 2.81 bits per heavy atom. The molecule has 0 amide bonds. The summed E-state index contributed by atoms with van der Waals surface area (Å²) in [5.41, 5.74) is 4.78. The topological polar surface area (TPSA) is 53.7 Å². The van der Waals surface area contributed by atoms with E-state index in [0.29, 0.717) is 5.58 Å². The van der Waals surface area contributed by atoms with Gasteiger partial charge in [-0.25, -0.2) is 4.79 Å². The molecule has 0 fully saturated rings. The lowest BCUT2D eigenvalue weighted by Crippen LogP contribution is -2.35. The molecule has 0 spiro atoms. The summed E-state index contributed by atoms with van der Waals surface area (Å²) in [5, 5.41) is 9.93. The predicted octanol–water partition coefficient (Wildman–Crippen LogP) is 4.47. The monoisotopic (exact) mass is 349 g/mol. The Hall–Kier alpha value is -2.59. The van der Waals surface area contributed by atoms with Crippen LogP contribution in [0.5, 0.6) is 0 Å². The highest BCUT2D eigenvalue weighted by atomic mass is 16.4. The zero-order valence-corrected chi connectivity index (χ0v) is 15.2. The summed E-state index contributed by atoms with van der Waals surface area (Å²) in [6.45, 7) is 7.48. The van der Waals surface area contributed by atoms with Crippen LogP contribution < -0.4 is 0 Å². The molecular weight excluding hydrogens is 326 g/mol. The average Bonchev–Trinajstić information content (AvgIpc) is 2.98. The van der Waals surface area contributed by atoms with Crippen LogP contribution in [0.15, 0.2) is 52.9 Å². The summed E-state index contributed by atoms with van der Waals surface area (Å²) in [5.74, 6) is -1.04. The Balaban J connectivity index is 1.58. The number of rotatable bonds is 3. The van der Waals surface area contributed by atoms with Crippen LogP contribution in [0.1, 0.15) is 41.1 Å². The Morgan fingerprint density at radius 1 is 1.19 bits per heavy atom. The molecule has 2 heterocycles. The maximum Gasteiger partial charge on any atom is 0.371 e. The summed E-state index contributed by atoms with van der Waals surface area (Å²) in [7, 11) is 0. The SMILES string of the molecule is CC1(C)CN(Cc2ccc3oc(C(=O)O)cc3c2)CCc2ccccc21. The zero-order valence-electron chi connectivity index (χ0n) is 15.2. The highest BCUT2D eigenvalue weighted by Gasteiger charge is 2.29. The van der Waals surface area contributed by atoms with E-state index in [-0.39, 0.29) is 11.2 Å². The van der Waals surface area contributed by atoms with Gasteiger partial charge in [0, 0.05) is 30.4 Å². The Bertz CT molecular complexity index is 970. The molecule has 0 aliphatic carbocycles. The van der Waals surface area contributed by atoms with Crippen molar-refractivity contribution in [1.82, 2.24) is 4.90 Å².